The van der Waals surface area contributed by atoms with Crippen LogP contribution in [0.1, 0.15) is 18.1 Å². The Balaban J connectivity index is 2.13. The Morgan fingerprint density at radius 1 is 1.37 bits per heavy atom. The Morgan fingerprint density at radius 3 is 2.84 bits per heavy atom. The van der Waals surface area contributed by atoms with Crippen molar-refractivity contribution in [2.75, 3.05) is 6.61 Å². The molecule has 0 saturated heterocycles. The van der Waals surface area contributed by atoms with Crippen LogP contribution in [0.5, 0.6) is 0 Å². The van der Waals surface area contributed by atoms with Crippen LogP contribution in [-0.2, 0) is 27.2 Å². The lowest BCUT2D eigenvalue weighted by atomic mass is 10.1. The van der Waals surface area contributed by atoms with E-state index in [9.17, 15) is 9.59 Å². The van der Waals surface area contributed by atoms with E-state index in [1.54, 1.807) is 0 Å². The van der Waals surface area contributed by atoms with Crippen molar-refractivity contribution in [1.82, 2.24) is 0 Å². The summed E-state index contributed by atoms with van der Waals surface area (Å²) in [5.41, 5.74) is 7.56. The van der Waals surface area contributed by atoms with Crippen molar-refractivity contribution in [3.63, 3.8) is 0 Å². The van der Waals surface area contributed by atoms with Gasteiger partial charge in [0.05, 0.1) is 12.7 Å². The minimum absolute atomic E-state index is 0.0613. The first-order valence-electron chi connectivity index (χ1n) is 6.03. The van der Waals surface area contributed by atoms with Gasteiger partial charge in [0.15, 0.2) is 6.61 Å². The smallest absolute Gasteiger partial charge is 0.310 e. The van der Waals surface area contributed by atoms with E-state index in [4.69, 9.17) is 14.9 Å². The summed E-state index contributed by atoms with van der Waals surface area (Å²) in [5, 5.41) is 0.883. The number of rotatable bonds is 5. The van der Waals surface area contributed by atoms with Gasteiger partial charge >= 0.3 is 5.97 Å². The van der Waals surface area contributed by atoms with Crippen LogP contribution in [0.25, 0.3) is 11.0 Å². The normalized spacial score (nSPS) is 10.6. The zero-order chi connectivity index (χ0) is 13.8. The molecule has 0 aliphatic heterocycles. The van der Waals surface area contributed by atoms with E-state index < -0.39 is 18.5 Å². The van der Waals surface area contributed by atoms with Crippen molar-refractivity contribution in [3.05, 3.63) is 35.6 Å². The van der Waals surface area contributed by atoms with Gasteiger partial charge in [0, 0.05) is 10.9 Å². The number of carbonyl (C=O) groups excluding carboxylic acids is 2. The Hall–Kier alpha value is -2.30. The van der Waals surface area contributed by atoms with Crippen molar-refractivity contribution in [2.45, 2.75) is 19.8 Å². The average Bonchev–Trinajstić information content (AvgIpc) is 2.78. The van der Waals surface area contributed by atoms with Gasteiger partial charge in [-0.2, -0.15) is 0 Å². The largest absolute Gasteiger partial charge is 0.464 e. The van der Waals surface area contributed by atoms with Crippen LogP contribution in [0, 0.1) is 0 Å². The summed E-state index contributed by atoms with van der Waals surface area (Å²) < 4.78 is 10.1. The third-order valence-electron chi connectivity index (χ3n) is 2.84. The van der Waals surface area contributed by atoms with Gasteiger partial charge in [-0.3, -0.25) is 9.59 Å². The van der Waals surface area contributed by atoms with Crippen molar-refractivity contribution >= 4 is 22.8 Å². The molecule has 0 bridgehead atoms. The van der Waals surface area contributed by atoms with Gasteiger partial charge in [0.2, 0.25) is 0 Å². The standard InChI is InChI=1S/C14H15NO4/c1-2-9-3-4-11-10(7-18-12(11)5-9)6-14(17)19-8-13(15)16/h3-5,7H,2,6,8H2,1H3,(H2,15,16). The van der Waals surface area contributed by atoms with E-state index in [2.05, 4.69) is 6.92 Å². The third-order valence-corrected chi connectivity index (χ3v) is 2.84. The summed E-state index contributed by atoms with van der Waals surface area (Å²) in [4.78, 5) is 22.0. The molecule has 1 heterocycles. The fraction of sp³-hybridized carbons (Fsp3) is 0.286. The second-order valence-electron chi connectivity index (χ2n) is 4.25. The maximum absolute atomic E-state index is 11.5. The molecule has 2 N–H and O–H groups in total. The Morgan fingerprint density at radius 2 is 2.16 bits per heavy atom. The second-order valence-corrected chi connectivity index (χ2v) is 4.25. The highest BCUT2D eigenvalue weighted by Crippen LogP contribution is 2.23. The van der Waals surface area contributed by atoms with Gasteiger partial charge in [-0.05, 0) is 18.1 Å². The summed E-state index contributed by atoms with van der Waals surface area (Å²) in [6.45, 7) is 1.67. The SMILES string of the molecule is CCc1ccc2c(CC(=O)OCC(N)=O)coc2c1. The fourth-order valence-corrected chi connectivity index (χ4v) is 1.84. The van der Waals surface area contributed by atoms with Gasteiger partial charge in [-0.15, -0.1) is 0 Å². The van der Waals surface area contributed by atoms with E-state index in [1.165, 1.54) is 11.8 Å². The molecule has 0 aliphatic carbocycles. The Bertz CT molecular complexity index is 615. The average molecular weight is 261 g/mol. The van der Waals surface area contributed by atoms with Crippen LogP contribution < -0.4 is 5.73 Å². The zero-order valence-electron chi connectivity index (χ0n) is 10.6. The summed E-state index contributed by atoms with van der Waals surface area (Å²) in [7, 11) is 0. The highest BCUT2D eigenvalue weighted by atomic mass is 16.5. The molecule has 1 aromatic carbocycles. The minimum atomic E-state index is -0.669. The number of hydrogen-bond donors (Lipinski definition) is 1. The molecular weight excluding hydrogens is 246 g/mol. The lowest BCUT2D eigenvalue weighted by Crippen LogP contribution is -2.21. The van der Waals surface area contributed by atoms with E-state index in [0.717, 1.165) is 23.0 Å². The lowest BCUT2D eigenvalue weighted by molar-refractivity contribution is -0.147. The van der Waals surface area contributed by atoms with Gasteiger partial charge in [0.1, 0.15) is 5.58 Å². The first-order chi connectivity index (χ1) is 9.10. The molecule has 5 heteroatoms. The highest BCUT2D eigenvalue weighted by molar-refractivity contribution is 5.87. The van der Waals surface area contributed by atoms with E-state index in [0.29, 0.717) is 0 Å². The Kier molecular flexibility index (Phi) is 3.85. The van der Waals surface area contributed by atoms with Crippen LogP contribution in [0.3, 0.4) is 0 Å². The summed E-state index contributed by atoms with van der Waals surface area (Å²) in [6.07, 6.45) is 2.52. The molecule has 2 rings (SSSR count). The number of primary amides is 1. The number of benzene rings is 1. The van der Waals surface area contributed by atoms with Gasteiger partial charge in [0.25, 0.3) is 5.91 Å². The van der Waals surface area contributed by atoms with E-state index >= 15 is 0 Å². The second kappa shape index (κ2) is 5.56. The molecule has 0 saturated carbocycles. The van der Waals surface area contributed by atoms with Crippen LogP contribution in [0.2, 0.25) is 0 Å². The van der Waals surface area contributed by atoms with Crippen LogP contribution in [-0.4, -0.2) is 18.5 Å². The molecule has 0 unspecified atom stereocenters. The van der Waals surface area contributed by atoms with E-state index in [-0.39, 0.29) is 6.42 Å². The maximum atomic E-state index is 11.5. The number of aryl methyl sites for hydroxylation is 1. The molecule has 100 valence electrons. The topological polar surface area (TPSA) is 82.5 Å². The molecule has 0 fully saturated rings. The summed E-state index contributed by atoms with van der Waals surface area (Å²) >= 11 is 0. The highest BCUT2D eigenvalue weighted by Gasteiger charge is 2.12. The van der Waals surface area contributed by atoms with Gasteiger partial charge < -0.3 is 14.9 Å². The van der Waals surface area contributed by atoms with Gasteiger partial charge in [-0.25, -0.2) is 0 Å². The third kappa shape index (κ3) is 3.13. The maximum Gasteiger partial charge on any atom is 0.310 e. The van der Waals surface area contributed by atoms with Crippen molar-refractivity contribution < 1.29 is 18.7 Å². The molecule has 19 heavy (non-hydrogen) atoms. The molecule has 2 aromatic rings. The molecule has 0 radical (unpaired) electrons. The van der Waals surface area contributed by atoms with Crippen LogP contribution in [0.4, 0.5) is 0 Å². The van der Waals surface area contributed by atoms with Crippen molar-refractivity contribution in [2.24, 2.45) is 5.73 Å². The number of fused-ring (bicyclic) bond motifs is 1. The molecule has 1 aromatic heterocycles. The first-order valence-corrected chi connectivity index (χ1v) is 6.03. The predicted octanol–water partition coefficient (Wildman–Crippen LogP) is 1.57. The number of furan rings is 1. The monoisotopic (exact) mass is 261 g/mol. The van der Waals surface area contributed by atoms with E-state index in [1.807, 2.05) is 18.2 Å². The summed E-state index contributed by atoms with van der Waals surface area (Å²) in [6, 6.07) is 5.87. The summed E-state index contributed by atoms with van der Waals surface area (Å²) in [5.74, 6) is -1.17. The van der Waals surface area contributed by atoms with Crippen molar-refractivity contribution in [3.8, 4) is 0 Å². The molecular formula is C14H15NO4. The number of hydrogen-bond acceptors (Lipinski definition) is 4. The predicted molar refractivity (Wildman–Crippen MR) is 69.4 cm³/mol. The molecule has 5 nitrogen and oxygen atoms in total. The fourth-order valence-electron chi connectivity index (χ4n) is 1.84. The molecule has 0 aliphatic rings. The van der Waals surface area contributed by atoms with Gasteiger partial charge in [-0.1, -0.05) is 19.1 Å². The first kappa shape index (κ1) is 13.1. The van der Waals surface area contributed by atoms with Crippen molar-refractivity contribution in [1.29, 1.82) is 0 Å². The molecule has 0 spiro atoms. The van der Waals surface area contributed by atoms with Crippen LogP contribution in [0.15, 0.2) is 28.9 Å². The Labute approximate surface area is 110 Å². The number of amides is 1. The molecule has 1 amide bonds. The quantitative estimate of drug-likeness (QED) is 0.828. The van der Waals surface area contributed by atoms with Crippen LogP contribution >= 0.6 is 0 Å². The lowest BCUT2D eigenvalue weighted by Gasteiger charge is -2.01. The zero-order valence-corrected chi connectivity index (χ0v) is 10.6. The number of carbonyl (C=O) groups is 2. The number of nitrogens with two attached hydrogens (primary N) is 1. The number of ether oxygens (including phenoxy) is 1. The number of esters is 1. The minimum Gasteiger partial charge on any atom is -0.464 e. The molecule has 0 atom stereocenters.